The third-order valence-electron chi connectivity index (χ3n) is 4.55. The Morgan fingerprint density at radius 1 is 1.14 bits per heavy atom. The van der Waals surface area contributed by atoms with Gasteiger partial charge in [-0.2, -0.15) is 0 Å². The quantitative estimate of drug-likeness (QED) is 0.451. The van der Waals surface area contributed by atoms with Crippen LogP contribution in [0.5, 0.6) is 5.75 Å². The largest absolute Gasteiger partial charge is 0.484 e. The third kappa shape index (κ3) is 5.78. The second-order valence-corrected chi connectivity index (χ2v) is 9.39. The van der Waals surface area contributed by atoms with Crippen LogP contribution in [-0.2, 0) is 4.79 Å². The topological polar surface area (TPSA) is 45.7 Å². The minimum Gasteiger partial charge on any atom is -0.484 e. The number of halogens is 1. The maximum Gasteiger partial charge on any atom is 0.266 e. The summed E-state index contributed by atoms with van der Waals surface area (Å²) in [7, 11) is 3.98. The van der Waals surface area contributed by atoms with Gasteiger partial charge in [0.05, 0.1) is 10.2 Å². The van der Waals surface area contributed by atoms with Crippen molar-refractivity contribution in [3.05, 3.63) is 52.5 Å². The van der Waals surface area contributed by atoms with Crippen LogP contribution in [0.15, 0.2) is 46.9 Å². The van der Waals surface area contributed by atoms with E-state index < -0.39 is 0 Å². The molecule has 3 rings (SSSR count). The van der Waals surface area contributed by atoms with E-state index in [2.05, 4.69) is 39.7 Å². The number of fused-ring (bicyclic) bond motifs is 1. The van der Waals surface area contributed by atoms with Crippen LogP contribution in [0.3, 0.4) is 0 Å². The monoisotopic (exact) mass is 475 g/mol. The molecule has 2 aromatic carbocycles. The second-order valence-electron chi connectivity index (χ2n) is 7.47. The van der Waals surface area contributed by atoms with Gasteiger partial charge in [-0.3, -0.25) is 9.69 Å². The summed E-state index contributed by atoms with van der Waals surface area (Å²) in [6.07, 6.45) is 0. The van der Waals surface area contributed by atoms with E-state index in [0.29, 0.717) is 23.3 Å². The van der Waals surface area contributed by atoms with E-state index in [4.69, 9.17) is 4.74 Å². The summed E-state index contributed by atoms with van der Waals surface area (Å²) in [6.45, 7) is 5.59. The summed E-state index contributed by atoms with van der Waals surface area (Å²) in [5, 5.41) is 0.698. The van der Waals surface area contributed by atoms with Crippen molar-refractivity contribution in [2.45, 2.75) is 19.8 Å². The molecule has 7 heteroatoms. The Labute approximate surface area is 184 Å². The number of likely N-dealkylation sites (N-methyl/N-ethyl adjacent to an activating group) is 1. The summed E-state index contributed by atoms with van der Waals surface area (Å²) in [4.78, 5) is 21.4. The zero-order valence-electron chi connectivity index (χ0n) is 17.2. The van der Waals surface area contributed by atoms with Crippen LogP contribution >= 0.6 is 27.3 Å². The number of anilines is 1. The summed E-state index contributed by atoms with van der Waals surface area (Å²) >= 11 is 5.01. The molecule has 0 atom stereocenters. The van der Waals surface area contributed by atoms with E-state index in [0.717, 1.165) is 21.2 Å². The van der Waals surface area contributed by atoms with Crippen LogP contribution < -0.4 is 9.64 Å². The predicted octanol–water partition coefficient (Wildman–Crippen LogP) is 5.16. The lowest BCUT2D eigenvalue weighted by Crippen LogP contribution is -2.39. The number of carbonyl (C=O) groups is 1. The number of aromatic nitrogens is 1. The Bertz CT molecular complexity index is 970. The third-order valence-corrected chi connectivity index (χ3v) is 6.09. The van der Waals surface area contributed by atoms with Crippen molar-refractivity contribution in [3.8, 4) is 5.75 Å². The van der Waals surface area contributed by atoms with Gasteiger partial charge < -0.3 is 9.64 Å². The summed E-state index contributed by atoms with van der Waals surface area (Å²) in [6, 6.07) is 13.9. The maximum absolute atomic E-state index is 13.0. The van der Waals surface area contributed by atoms with Crippen LogP contribution in [0, 0.1) is 0 Å². The van der Waals surface area contributed by atoms with Gasteiger partial charge >= 0.3 is 0 Å². The van der Waals surface area contributed by atoms with Gasteiger partial charge in [0.1, 0.15) is 5.75 Å². The minimum atomic E-state index is -0.0992. The van der Waals surface area contributed by atoms with Crippen molar-refractivity contribution in [1.29, 1.82) is 0 Å². The molecule has 29 heavy (non-hydrogen) atoms. The Kier molecular flexibility index (Phi) is 7.27. The first kappa shape index (κ1) is 21.7. The van der Waals surface area contributed by atoms with Gasteiger partial charge in [0.15, 0.2) is 11.7 Å². The molecule has 0 unspecified atom stereocenters. The molecule has 0 saturated heterocycles. The lowest BCUT2D eigenvalue weighted by atomic mass is 10.0. The molecule has 0 radical (unpaired) electrons. The highest BCUT2D eigenvalue weighted by atomic mass is 79.9. The molecule has 3 aromatic rings. The van der Waals surface area contributed by atoms with Crippen molar-refractivity contribution in [1.82, 2.24) is 9.88 Å². The number of hydrogen-bond donors (Lipinski definition) is 0. The van der Waals surface area contributed by atoms with Crippen molar-refractivity contribution in [2.75, 3.05) is 38.7 Å². The molecule has 1 heterocycles. The lowest BCUT2D eigenvalue weighted by Gasteiger charge is -2.22. The molecule has 0 fully saturated rings. The molecule has 154 valence electrons. The fourth-order valence-corrected chi connectivity index (χ4v) is 4.36. The highest BCUT2D eigenvalue weighted by molar-refractivity contribution is 9.10. The molecule has 5 nitrogen and oxygen atoms in total. The van der Waals surface area contributed by atoms with E-state index in [1.807, 2.05) is 56.6 Å². The number of rotatable bonds is 8. The van der Waals surface area contributed by atoms with Gasteiger partial charge in [-0.05, 0) is 55.9 Å². The van der Waals surface area contributed by atoms with E-state index in [-0.39, 0.29) is 12.5 Å². The van der Waals surface area contributed by atoms with Gasteiger partial charge in [0.25, 0.3) is 5.91 Å². The first-order valence-corrected chi connectivity index (χ1v) is 11.2. The first-order valence-electron chi connectivity index (χ1n) is 9.57. The van der Waals surface area contributed by atoms with Gasteiger partial charge in [0, 0.05) is 17.6 Å². The summed E-state index contributed by atoms with van der Waals surface area (Å²) in [5.74, 6) is 1.06. The molecular weight excluding hydrogens is 450 g/mol. The average Bonchev–Trinajstić information content (AvgIpc) is 3.09. The predicted molar refractivity (Wildman–Crippen MR) is 124 cm³/mol. The number of hydrogen-bond acceptors (Lipinski definition) is 5. The molecule has 0 aliphatic carbocycles. The Morgan fingerprint density at radius 3 is 2.52 bits per heavy atom. The fourth-order valence-electron chi connectivity index (χ4n) is 2.80. The lowest BCUT2D eigenvalue weighted by molar-refractivity contribution is -0.120. The Morgan fingerprint density at radius 2 is 1.86 bits per heavy atom. The molecule has 0 bridgehead atoms. The fraction of sp³-hybridized carbons (Fsp3) is 0.364. The van der Waals surface area contributed by atoms with E-state index >= 15 is 0 Å². The molecule has 1 amide bonds. The number of nitrogens with zero attached hydrogens (tertiary/aromatic N) is 3. The molecule has 0 N–H and O–H groups in total. The highest BCUT2D eigenvalue weighted by Crippen LogP contribution is 2.31. The standard InChI is InChI=1S/C22H26BrN3O2S/c1-15(2)16-5-8-18(9-6-16)28-14-21(27)26(12-11-25(3)4)22-24-19-10-7-17(23)13-20(19)29-22/h5-10,13,15H,11-12,14H2,1-4H3. The SMILES string of the molecule is CC(C)c1ccc(OCC(=O)N(CCN(C)C)c2nc3ccc(Br)cc3s2)cc1. The van der Waals surface area contributed by atoms with Gasteiger partial charge in [-0.25, -0.2) is 4.98 Å². The van der Waals surface area contributed by atoms with Gasteiger partial charge in [0.2, 0.25) is 0 Å². The molecule has 0 saturated carbocycles. The normalized spacial score (nSPS) is 11.4. The maximum atomic E-state index is 13.0. The zero-order chi connectivity index (χ0) is 21.0. The number of amides is 1. The molecule has 1 aromatic heterocycles. The molecule has 0 spiro atoms. The number of benzene rings is 2. The minimum absolute atomic E-state index is 0.0198. The second kappa shape index (κ2) is 9.69. The van der Waals surface area contributed by atoms with Crippen LogP contribution in [0.1, 0.15) is 25.3 Å². The van der Waals surface area contributed by atoms with Gasteiger partial charge in [-0.1, -0.05) is 53.2 Å². The van der Waals surface area contributed by atoms with Crippen molar-refractivity contribution in [2.24, 2.45) is 0 Å². The van der Waals surface area contributed by atoms with Crippen molar-refractivity contribution in [3.63, 3.8) is 0 Å². The molecule has 0 aliphatic rings. The molecule has 0 aliphatic heterocycles. The summed E-state index contributed by atoms with van der Waals surface area (Å²) in [5.41, 5.74) is 2.14. The van der Waals surface area contributed by atoms with Crippen LogP contribution in [0.4, 0.5) is 5.13 Å². The van der Waals surface area contributed by atoms with E-state index in [9.17, 15) is 4.79 Å². The van der Waals surface area contributed by atoms with Gasteiger partial charge in [-0.15, -0.1) is 0 Å². The van der Waals surface area contributed by atoms with Crippen molar-refractivity contribution < 1.29 is 9.53 Å². The number of ether oxygens (including phenoxy) is 1. The number of carbonyl (C=O) groups excluding carboxylic acids is 1. The van der Waals surface area contributed by atoms with Crippen LogP contribution in [0.2, 0.25) is 0 Å². The Balaban J connectivity index is 1.75. The first-order chi connectivity index (χ1) is 13.8. The van der Waals surface area contributed by atoms with E-state index in [1.165, 1.54) is 16.9 Å². The van der Waals surface area contributed by atoms with E-state index in [1.54, 1.807) is 4.90 Å². The molecular formula is C22H26BrN3O2S. The average molecular weight is 476 g/mol. The zero-order valence-corrected chi connectivity index (χ0v) is 19.6. The highest BCUT2D eigenvalue weighted by Gasteiger charge is 2.20. The van der Waals surface area contributed by atoms with Crippen molar-refractivity contribution >= 4 is 48.5 Å². The smallest absolute Gasteiger partial charge is 0.266 e. The summed E-state index contributed by atoms with van der Waals surface area (Å²) < 4.78 is 7.81. The Hall–Kier alpha value is -1.96. The number of thiazole rings is 1. The van der Waals surface area contributed by atoms with Crippen LogP contribution in [-0.4, -0.2) is 49.6 Å². The van der Waals surface area contributed by atoms with Crippen LogP contribution in [0.25, 0.3) is 10.2 Å².